The lowest BCUT2D eigenvalue weighted by Gasteiger charge is -2.07. The van der Waals surface area contributed by atoms with Crippen molar-refractivity contribution in [2.75, 3.05) is 11.5 Å². The summed E-state index contributed by atoms with van der Waals surface area (Å²) < 4.78 is 4.04. The molecule has 0 saturated heterocycles. The third-order valence-corrected chi connectivity index (χ3v) is 5.06. The summed E-state index contributed by atoms with van der Waals surface area (Å²) in [7, 11) is 0. The molecule has 2 N–H and O–H groups in total. The van der Waals surface area contributed by atoms with E-state index in [1.165, 1.54) is 11.8 Å². The molecule has 1 saturated carbocycles. The van der Waals surface area contributed by atoms with Crippen LogP contribution in [0.25, 0.3) is 0 Å². The minimum atomic E-state index is 0.0994. The normalized spacial score (nSPS) is 14.2. The first-order chi connectivity index (χ1) is 11.0. The summed E-state index contributed by atoms with van der Waals surface area (Å²) in [5.41, 5.74) is 8.68. The van der Waals surface area contributed by atoms with Gasteiger partial charge in [-0.1, -0.05) is 17.8 Å². The molecule has 3 rings (SSSR count). The lowest BCUT2D eigenvalue weighted by Crippen LogP contribution is -2.07. The average Bonchev–Trinajstić information content (AvgIpc) is 3.24. The van der Waals surface area contributed by atoms with E-state index < -0.39 is 0 Å². The molecule has 0 amide bonds. The summed E-state index contributed by atoms with van der Waals surface area (Å²) >= 11 is 1.41. The lowest BCUT2D eigenvalue weighted by atomic mass is 10.2. The monoisotopic (exact) mass is 331 g/mol. The predicted molar refractivity (Wildman–Crippen MR) is 91.9 cm³/mol. The van der Waals surface area contributed by atoms with Crippen LogP contribution < -0.4 is 5.73 Å². The van der Waals surface area contributed by atoms with Crippen molar-refractivity contribution in [3.05, 3.63) is 35.7 Å². The van der Waals surface area contributed by atoms with E-state index in [0.717, 1.165) is 34.9 Å². The summed E-state index contributed by atoms with van der Waals surface area (Å²) in [6, 6.07) is 2.35. The van der Waals surface area contributed by atoms with Crippen LogP contribution in [0.4, 0.5) is 5.95 Å². The molecule has 1 aliphatic carbocycles. The number of Topliss-reactive ketones (excluding diaryl/α,β-unsaturated/α-hetero) is 1. The first-order valence-electron chi connectivity index (χ1n) is 7.67. The van der Waals surface area contributed by atoms with Crippen LogP contribution in [0.3, 0.4) is 0 Å². The summed E-state index contributed by atoms with van der Waals surface area (Å²) in [6.07, 6.45) is 4.04. The van der Waals surface area contributed by atoms with Crippen molar-refractivity contribution < 1.29 is 4.79 Å². The Bertz CT molecular complexity index is 757. The molecule has 2 aromatic heterocycles. The number of nitrogens with zero attached hydrogens (tertiary/aromatic N) is 4. The maximum atomic E-state index is 12.6. The minimum Gasteiger partial charge on any atom is -0.368 e. The van der Waals surface area contributed by atoms with Crippen molar-refractivity contribution in [1.29, 1.82) is 0 Å². The van der Waals surface area contributed by atoms with Gasteiger partial charge in [-0.25, -0.2) is 0 Å². The smallest absolute Gasteiger partial charge is 0.222 e. The molecule has 2 heterocycles. The van der Waals surface area contributed by atoms with Crippen LogP contribution in [0.15, 0.2) is 23.9 Å². The van der Waals surface area contributed by atoms with E-state index in [4.69, 9.17) is 5.73 Å². The van der Waals surface area contributed by atoms with Gasteiger partial charge in [0, 0.05) is 29.5 Å². The molecule has 0 aliphatic heterocycles. The van der Waals surface area contributed by atoms with Crippen molar-refractivity contribution in [1.82, 2.24) is 19.3 Å². The Balaban J connectivity index is 1.73. The number of hydrogen-bond donors (Lipinski definition) is 1. The van der Waals surface area contributed by atoms with Gasteiger partial charge in [-0.3, -0.25) is 9.36 Å². The SMILES string of the molecule is C=CCn1c(C)cc(C(=O)CSc2nnc(N)n2C2CC2)c1C. The quantitative estimate of drug-likeness (QED) is 0.479. The number of carbonyl (C=O) groups excluding carboxylic acids is 1. The Labute approximate surface area is 139 Å². The number of nitrogen functional groups attached to an aromatic ring is 1. The first-order valence-corrected chi connectivity index (χ1v) is 8.65. The number of carbonyl (C=O) groups is 1. The summed E-state index contributed by atoms with van der Waals surface area (Å²) in [5.74, 6) is 0.873. The van der Waals surface area contributed by atoms with E-state index in [-0.39, 0.29) is 5.78 Å². The standard InChI is InChI=1S/C16H21N5OS/c1-4-7-20-10(2)8-13(11(20)3)14(22)9-23-16-19-18-15(17)21(16)12-5-6-12/h4,8,12H,1,5-7,9H2,2-3H3,(H2,17,18). The highest BCUT2D eigenvalue weighted by atomic mass is 32.2. The number of allylic oxidation sites excluding steroid dienone is 1. The first kappa shape index (κ1) is 15.9. The molecule has 6 nitrogen and oxygen atoms in total. The van der Waals surface area contributed by atoms with Crippen molar-refractivity contribution >= 4 is 23.5 Å². The fourth-order valence-electron chi connectivity index (χ4n) is 2.76. The van der Waals surface area contributed by atoms with Gasteiger partial charge in [0.2, 0.25) is 5.95 Å². The molecule has 1 fully saturated rings. The Kier molecular flexibility index (Phi) is 4.30. The second kappa shape index (κ2) is 6.23. The van der Waals surface area contributed by atoms with Crippen molar-refractivity contribution in [3.63, 3.8) is 0 Å². The Hall–Kier alpha value is -2.02. The molecule has 1 aliphatic rings. The third-order valence-electron chi connectivity index (χ3n) is 4.12. The number of rotatable bonds is 7. The van der Waals surface area contributed by atoms with Crippen LogP contribution in [0, 0.1) is 13.8 Å². The van der Waals surface area contributed by atoms with E-state index in [9.17, 15) is 4.79 Å². The van der Waals surface area contributed by atoms with E-state index >= 15 is 0 Å². The van der Waals surface area contributed by atoms with Crippen LogP contribution >= 0.6 is 11.8 Å². The van der Waals surface area contributed by atoms with Gasteiger partial charge in [-0.15, -0.1) is 16.8 Å². The second-order valence-corrected chi connectivity index (χ2v) is 6.78. The maximum absolute atomic E-state index is 12.6. The molecule has 0 aromatic carbocycles. The molecule has 7 heteroatoms. The Morgan fingerprint density at radius 3 is 2.87 bits per heavy atom. The second-order valence-electron chi connectivity index (χ2n) is 5.84. The van der Waals surface area contributed by atoms with E-state index in [1.54, 1.807) is 0 Å². The van der Waals surface area contributed by atoms with Crippen LogP contribution in [0.2, 0.25) is 0 Å². The zero-order chi connectivity index (χ0) is 16.6. The summed E-state index contributed by atoms with van der Waals surface area (Å²) in [6.45, 7) is 8.45. The highest BCUT2D eigenvalue weighted by Gasteiger charge is 2.29. The number of aryl methyl sites for hydroxylation is 1. The molecule has 0 atom stereocenters. The number of thioether (sulfide) groups is 1. The molecule has 122 valence electrons. The van der Waals surface area contributed by atoms with Gasteiger partial charge < -0.3 is 10.3 Å². The molecule has 0 bridgehead atoms. The molecule has 0 unspecified atom stereocenters. The lowest BCUT2D eigenvalue weighted by molar-refractivity contribution is 0.102. The van der Waals surface area contributed by atoms with Crippen LogP contribution in [-0.2, 0) is 6.54 Å². The molecule has 2 aromatic rings. The van der Waals surface area contributed by atoms with Gasteiger partial charge in [-0.2, -0.15) is 0 Å². The largest absolute Gasteiger partial charge is 0.368 e. The molecular weight excluding hydrogens is 310 g/mol. The summed E-state index contributed by atoms with van der Waals surface area (Å²) in [5, 5.41) is 8.76. The van der Waals surface area contributed by atoms with Gasteiger partial charge in [0.15, 0.2) is 10.9 Å². The van der Waals surface area contributed by atoms with Crippen molar-refractivity contribution in [3.8, 4) is 0 Å². The number of aromatic nitrogens is 4. The van der Waals surface area contributed by atoms with Gasteiger partial charge in [-0.05, 0) is 32.8 Å². The molecule has 0 spiro atoms. The highest BCUT2D eigenvalue weighted by molar-refractivity contribution is 7.99. The molecule has 0 radical (unpaired) electrons. The number of nitrogens with two attached hydrogens (primary N) is 1. The van der Waals surface area contributed by atoms with E-state index in [2.05, 4.69) is 21.3 Å². The fraction of sp³-hybridized carbons (Fsp3) is 0.438. The van der Waals surface area contributed by atoms with Crippen LogP contribution in [0.5, 0.6) is 0 Å². The summed E-state index contributed by atoms with van der Waals surface area (Å²) in [4.78, 5) is 12.6. The Morgan fingerprint density at radius 1 is 1.48 bits per heavy atom. The Morgan fingerprint density at radius 2 is 2.22 bits per heavy atom. The molecule has 23 heavy (non-hydrogen) atoms. The maximum Gasteiger partial charge on any atom is 0.222 e. The van der Waals surface area contributed by atoms with Gasteiger partial charge in [0.1, 0.15) is 0 Å². The van der Waals surface area contributed by atoms with Crippen molar-refractivity contribution in [2.24, 2.45) is 0 Å². The van der Waals surface area contributed by atoms with Gasteiger partial charge in [0.05, 0.1) is 5.75 Å². The fourth-order valence-corrected chi connectivity index (χ4v) is 3.66. The zero-order valence-corrected chi connectivity index (χ0v) is 14.3. The predicted octanol–water partition coefficient (Wildman–Crippen LogP) is 2.77. The van der Waals surface area contributed by atoms with E-state index in [0.29, 0.717) is 24.3 Å². The van der Waals surface area contributed by atoms with Gasteiger partial charge in [0.25, 0.3) is 0 Å². The highest BCUT2D eigenvalue weighted by Crippen LogP contribution is 2.39. The third kappa shape index (κ3) is 3.06. The van der Waals surface area contributed by atoms with E-state index in [1.807, 2.05) is 30.6 Å². The molecular formula is C16H21N5OS. The number of hydrogen-bond acceptors (Lipinski definition) is 5. The topological polar surface area (TPSA) is 78.7 Å². The average molecular weight is 331 g/mol. The van der Waals surface area contributed by atoms with Crippen molar-refractivity contribution in [2.45, 2.75) is 44.4 Å². The van der Waals surface area contributed by atoms with Gasteiger partial charge >= 0.3 is 0 Å². The zero-order valence-electron chi connectivity index (χ0n) is 13.5. The minimum absolute atomic E-state index is 0.0994. The number of anilines is 1. The van der Waals surface area contributed by atoms with Crippen LogP contribution in [0.1, 0.15) is 40.6 Å². The van der Waals surface area contributed by atoms with Crippen LogP contribution in [-0.4, -0.2) is 30.9 Å². The number of ketones is 1.